The van der Waals surface area contributed by atoms with Gasteiger partial charge < -0.3 is 14.1 Å². The maximum absolute atomic E-state index is 5.90. The predicted molar refractivity (Wildman–Crippen MR) is 77.8 cm³/mol. The molecule has 0 radical (unpaired) electrons. The third-order valence-corrected chi connectivity index (χ3v) is 3.72. The van der Waals surface area contributed by atoms with Gasteiger partial charge in [0.1, 0.15) is 5.76 Å². The van der Waals surface area contributed by atoms with Crippen LogP contribution in [0.1, 0.15) is 26.0 Å². The summed E-state index contributed by atoms with van der Waals surface area (Å²) < 4.78 is 11.3. The molecule has 0 saturated carbocycles. The highest BCUT2D eigenvalue weighted by atomic mass is 16.5. The van der Waals surface area contributed by atoms with Gasteiger partial charge in [-0.05, 0) is 32.9 Å². The maximum Gasteiger partial charge on any atom is 0.195 e. The first-order valence-electron chi connectivity index (χ1n) is 7.47. The molecule has 0 bridgehead atoms. The zero-order valence-corrected chi connectivity index (χ0v) is 12.2. The molecule has 1 aromatic heterocycles. The Morgan fingerprint density at radius 3 is 2.58 bits per heavy atom. The van der Waals surface area contributed by atoms with E-state index < -0.39 is 0 Å². The Bertz CT molecular complexity index is 355. The fourth-order valence-corrected chi connectivity index (χ4v) is 2.51. The second-order valence-electron chi connectivity index (χ2n) is 4.97. The first-order valence-corrected chi connectivity index (χ1v) is 7.47. The smallest absolute Gasteiger partial charge is 0.195 e. The van der Waals surface area contributed by atoms with Gasteiger partial charge in [0.05, 0.1) is 13.2 Å². The first-order chi connectivity index (χ1) is 9.33. The molecule has 2 rings (SSSR count). The van der Waals surface area contributed by atoms with E-state index in [0.29, 0.717) is 0 Å². The summed E-state index contributed by atoms with van der Waals surface area (Å²) in [5, 5.41) is 0. The first kappa shape index (κ1) is 14.4. The van der Waals surface area contributed by atoms with Gasteiger partial charge in [-0.15, -0.1) is 0 Å². The third kappa shape index (κ3) is 4.25. The van der Waals surface area contributed by atoms with Crippen molar-refractivity contribution in [3.8, 4) is 0 Å². The minimum atomic E-state index is 0.882. The van der Waals surface area contributed by atoms with E-state index in [4.69, 9.17) is 9.15 Å². The highest BCUT2D eigenvalue weighted by Crippen LogP contribution is 2.19. The molecule has 1 aliphatic heterocycles. The number of aryl methyl sites for hydroxylation is 1. The van der Waals surface area contributed by atoms with Crippen LogP contribution in [-0.2, 0) is 11.2 Å². The molecular weight excluding hydrogens is 240 g/mol. The van der Waals surface area contributed by atoms with E-state index >= 15 is 0 Å². The number of nitrogens with zero attached hydrogens (tertiary/aromatic N) is 2. The van der Waals surface area contributed by atoms with Crippen LogP contribution in [0.15, 0.2) is 16.5 Å². The second-order valence-corrected chi connectivity index (χ2v) is 4.97. The number of hydrogen-bond donors (Lipinski definition) is 0. The standard InChI is InChI=1S/C15H26N2O2/c1-3-17(4-2)15-8-7-14(19-15)6-5-9-16-10-12-18-13-11-16/h7-8H,3-6,9-13H2,1-2H3. The Labute approximate surface area is 116 Å². The Hall–Kier alpha value is -1.00. The van der Waals surface area contributed by atoms with Crippen molar-refractivity contribution in [1.82, 2.24) is 4.90 Å². The highest BCUT2D eigenvalue weighted by Gasteiger charge is 2.11. The average molecular weight is 266 g/mol. The molecule has 2 heterocycles. The molecule has 19 heavy (non-hydrogen) atoms. The van der Waals surface area contributed by atoms with E-state index in [-0.39, 0.29) is 0 Å². The summed E-state index contributed by atoms with van der Waals surface area (Å²) in [6, 6.07) is 4.21. The van der Waals surface area contributed by atoms with Crippen LogP contribution in [0.25, 0.3) is 0 Å². The lowest BCUT2D eigenvalue weighted by molar-refractivity contribution is 0.0373. The van der Waals surface area contributed by atoms with Gasteiger partial charge in [-0.25, -0.2) is 0 Å². The Morgan fingerprint density at radius 2 is 1.89 bits per heavy atom. The average Bonchev–Trinajstić information content (AvgIpc) is 2.90. The Kier molecular flexibility index (Phi) is 5.73. The van der Waals surface area contributed by atoms with Crippen molar-refractivity contribution in [2.24, 2.45) is 0 Å². The maximum atomic E-state index is 5.90. The molecule has 1 aliphatic rings. The van der Waals surface area contributed by atoms with Crippen LogP contribution in [-0.4, -0.2) is 50.8 Å². The minimum Gasteiger partial charge on any atom is -0.446 e. The molecule has 108 valence electrons. The molecule has 0 spiro atoms. The van der Waals surface area contributed by atoms with Crippen LogP contribution in [0.2, 0.25) is 0 Å². The fraction of sp³-hybridized carbons (Fsp3) is 0.733. The topological polar surface area (TPSA) is 28.9 Å². The number of morpholine rings is 1. The third-order valence-electron chi connectivity index (χ3n) is 3.72. The van der Waals surface area contributed by atoms with E-state index in [1.54, 1.807) is 0 Å². The number of rotatable bonds is 7. The lowest BCUT2D eigenvalue weighted by atomic mass is 10.2. The Balaban J connectivity index is 1.73. The number of anilines is 1. The molecule has 0 amide bonds. The molecule has 1 saturated heterocycles. The van der Waals surface area contributed by atoms with Gasteiger partial charge in [-0.3, -0.25) is 4.90 Å². The normalized spacial score (nSPS) is 16.7. The second kappa shape index (κ2) is 7.56. The minimum absolute atomic E-state index is 0.882. The molecule has 4 heteroatoms. The number of furan rings is 1. The summed E-state index contributed by atoms with van der Waals surface area (Å²) in [6.07, 6.45) is 2.18. The van der Waals surface area contributed by atoms with Gasteiger partial charge in [0.2, 0.25) is 0 Å². The van der Waals surface area contributed by atoms with Crippen LogP contribution in [0.4, 0.5) is 5.88 Å². The zero-order valence-electron chi connectivity index (χ0n) is 12.2. The summed E-state index contributed by atoms with van der Waals surface area (Å²) in [5.41, 5.74) is 0. The van der Waals surface area contributed by atoms with Crippen molar-refractivity contribution in [2.75, 3.05) is 50.8 Å². The summed E-state index contributed by atoms with van der Waals surface area (Å²) in [5.74, 6) is 2.11. The van der Waals surface area contributed by atoms with Crippen LogP contribution >= 0.6 is 0 Å². The van der Waals surface area contributed by atoms with Gasteiger partial charge >= 0.3 is 0 Å². The van der Waals surface area contributed by atoms with E-state index in [1.807, 2.05) is 0 Å². The monoisotopic (exact) mass is 266 g/mol. The molecular formula is C15H26N2O2. The molecule has 0 aliphatic carbocycles. The van der Waals surface area contributed by atoms with Gasteiger partial charge in [0.25, 0.3) is 0 Å². The van der Waals surface area contributed by atoms with E-state index in [9.17, 15) is 0 Å². The molecule has 1 aromatic rings. The van der Waals surface area contributed by atoms with E-state index in [2.05, 4.69) is 35.8 Å². The van der Waals surface area contributed by atoms with Crippen molar-refractivity contribution >= 4 is 5.88 Å². The molecule has 4 nitrogen and oxygen atoms in total. The van der Waals surface area contributed by atoms with Crippen LogP contribution in [0, 0.1) is 0 Å². The highest BCUT2D eigenvalue weighted by molar-refractivity contribution is 5.35. The predicted octanol–water partition coefficient (Wildman–Crippen LogP) is 2.39. The van der Waals surface area contributed by atoms with Crippen LogP contribution < -0.4 is 4.90 Å². The van der Waals surface area contributed by atoms with Crippen molar-refractivity contribution < 1.29 is 9.15 Å². The lowest BCUT2D eigenvalue weighted by Crippen LogP contribution is -2.36. The molecule has 1 fully saturated rings. The molecule has 0 atom stereocenters. The fourth-order valence-electron chi connectivity index (χ4n) is 2.51. The van der Waals surface area contributed by atoms with Crippen LogP contribution in [0.3, 0.4) is 0 Å². The quantitative estimate of drug-likeness (QED) is 0.758. The number of ether oxygens (including phenoxy) is 1. The van der Waals surface area contributed by atoms with E-state index in [0.717, 1.165) is 70.4 Å². The molecule has 0 unspecified atom stereocenters. The van der Waals surface area contributed by atoms with Gasteiger partial charge in [0, 0.05) is 38.7 Å². The Morgan fingerprint density at radius 1 is 1.16 bits per heavy atom. The van der Waals surface area contributed by atoms with Gasteiger partial charge in [-0.2, -0.15) is 0 Å². The van der Waals surface area contributed by atoms with Gasteiger partial charge in [0.15, 0.2) is 5.88 Å². The van der Waals surface area contributed by atoms with Crippen molar-refractivity contribution in [1.29, 1.82) is 0 Å². The largest absolute Gasteiger partial charge is 0.446 e. The van der Waals surface area contributed by atoms with Crippen molar-refractivity contribution in [3.05, 3.63) is 17.9 Å². The zero-order chi connectivity index (χ0) is 13.5. The van der Waals surface area contributed by atoms with Crippen LogP contribution in [0.5, 0.6) is 0 Å². The summed E-state index contributed by atoms with van der Waals surface area (Å²) in [4.78, 5) is 4.71. The molecule has 0 N–H and O–H groups in total. The SMILES string of the molecule is CCN(CC)c1ccc(CCCN2CCOCC2)o1. The van der Waals surface area contributed by atoms with Gasteiger partial charge in [-0.1, -0.05) is 0 Å². The summed E-state index contributed by atoms with van der Waals surface area (Å²) in [6.45, 7) is 11.4. The van der Waals surface area contributed by atoms with E-state index in [1.165, 1.54) is 0 Å². The van der Waals surface area contributed by atoms with Crippen molar-refractivity contribution in [2.45, 2.75) is 26.7 Å². The molecule has 0 aromatic carbocycles. The van der Waals surface area contributed by atoms with Crippen molar-refractivity contribution in [3.63, 3.8) is 0 Å². The number of hydrogen-bond acceptors (Lipinski definition) is 4. The summed E-state index contributed by atoms with van der Waals surface area (Å²) in [7, 11) is 0. The summed E-state index contributed by atoms with van der Waals surface area (Å²) >= 11 is 0. The lowest BCUT2D eigenvalue weighted by Gasteiger charge is -2.26.